The topological polar surface area (TPSA) is 58.6 Å². The Hall–Kier alpha value is -2.99. The molecule has 3 aromatic carbocycles. The third-order valence-corrected chi connectivity index (χ3v) is 5.50. The molecule has 0 atom stereocenters. The van der Waals surface area contributed by atoms with Gasteiger partial charge in [0.05, 0.1) is 15.7 Å². The van der Waals surface area contributed by atoms with E-state index in [1.807, 2.05) is 24.3 Å². The molecule has 31 heavy (non-hydrogen) atoms. The molecule has 3 aromatic rings. The van der Waals surface area contributed by atoms with E-state index >= 15 is 0 Å². The number of nitrogens with zero attached hydrogens (tertiary/aromatic N) is 1. The molecular weight excluding hydrogens is 459 g/mol. The molecule has 1 N–H and O–H groups in total. The van der Waals surface area contributed by atoms with Crippen LogP contribution in [-0.2, 0) is 16.2 Å². The summed E-state index contributed by atoms with van der Waals surface area (Å²) in [5.41, 5.74) is 4.36. The molecule has 1 heterocycles. The summed E-state index contributed by atoms with van der Waals surface area (Å²) in [6.07, 6.45) is 1.44. The molecule has 1 aliphatic rings. The first-order valence-electron chi connectivity index (χ1n) is 9.21. The fourth-order valence-electron chi connectivity index (χ4n) is 3.05. The number of anilines is 1. The second-order valence-corrected chi connectivity index (χ2v) is 7.89. The second kappa shape index (κ2) is 9.02. The number of halogens is 3. The normalized spacial score (nSPS) is 14.8. The number of carbonyl (C=O) groups is 2. The molecule has 0 unspecified atom stereocenters. The molecule has 1 aliphatic heterocycles. The highest BCUT2D eigenvalue weighted by molar-refractivity contribution is 6.37. The number of amides is 2. The molecule has 0 aliphatic carbocycles. The van der Waals surface area contributed by atoms with E-state index in [0.717, 1.165) is 5.56 Å². The molecule has 0 radical (unpaired) electrons. The van der Waals surface area contributed by atoms with Gasteiger partial charge in [0.15, 0.2) is 5.75 Å². The van der Waals surface area contributed by atoms with E-state index in [9.17, 15) is 9.59 Å². The smallest absolute Gasteiger partial charge is 0.282 e. The summed E-state index contributed by atoms with van der Waals surface area (Å²) in [4.78, 5) is 25.1. The molecule has 0 aromatic heterocycles. The van der Waals surface area contributed by atoms with Gasteiger partial charge in [0.25, 0.3) is 11.8 Å². The molecule has 8 heteroatoms. The van der Waals surface area contributed by atoms with E-state index < -0.39 is 11.8 Å². The van der Waals surface area contributed by atoms with Crippen LogP contribution in [0.15, 0.2) is 72.3 Å². The molecule has 0 spiro atoms. The van der Waals surface area contributed by atoms with E-state index in [0.29, 0.717) is 22.0 Å². The van der Waals surface area contributed by atoms with Crippen LogP contribution < -0.4 is 15.2 Å². The van der Waals surface area contributed by atoms with Crippen molar-refractivity contribution in [2.24, 2.45) is 0 Å². The molecule has 0 saturated carbocycles. The average molecular weight is 474 g/mol. The van der Waals surface area contributed by atoms with Gasteiger partial charge in [-0.25, -0.2) is 5.01 Å². The molecule has 5 nitrogen and oxygen atoms in total. The molecule has 1 fully saturated rings. The van der Waals surface area contributed by atoms with E-state index in [1.54, 1.807) is 42.5 Å². The number of carbonyl (C=O) groups excluding carboxylic acids is 2. The van der Waals surface area contributed by atoms with Crippen molar-refractivity contribution in [1.29, 1.82) is 0 Å². The summed E-state index contributed by atoms with van der Waals surface area (Å²) < 4.78 is 5.75. The Kier molecular flexibility index (Phi) is 6.18. The molecule has 2 amide bonds. The van der Waals surface area contributed by atoms with E-state index in [1.165, 1.54) is 11.1 Å². The first kappa shape index (κ1) is 21.2. The Bertz CT molecular complexity index is 1170. The second-order valence-electron chi connectivity index (χ2n) is 6.67. The average Bonchev–Trinajstić information content (AvgIpc) is 3.03. The Labute approximate surface area is 193 Å². The van der Waals surface area contributed by atoms with Gasteiger partial charge in [0.1, 0.15) is 12.2 Å². The quantitative estimate of drug-likeness (QED) is 0.383. The van der Waals surface area contributed by atoms with Crippen LogP contribution in [0.2, 0.25) is 15.1 Å². The number of hydrazine groups is 1. The third-order valence-electron chi connectivity index (χ3n) is 4.57. The zero-order chi connectivity index (χ0) is 22.0. The Morgan fingerprint density at radius 3 is 2.19 bits per heavy atom. The summed E-state index contributed by atoms with van der Waals surface area (Å²) in [5, 5.41) is 2.26. The minimum Gasteiger partial charge on any atom is -0.486 e. The van der Waals surface area contributed by atoms with Gasteiger partial charge >= 0.3 is 0 Å². The number of hydrogen-bond donors (Lipinski definition) is 1. The molecular formula is C23H15Cl3N2O3. The molecule has 156 valence electrons. The lowest BCUT2D eigenvalue weighted by atomic mass is 10.1. The van der Waals surface area contributed by atoms with Crippen molar-refractivity contribution in [2.75, 3.05) is 5.01 Å². The van der Waals surface area contributed by atoms with Crippen molar-refractivity contribution in [3.63, 3.8) is 0 Å². The standard InChI is InChI=1S/C23H15Cl3N2O3/c24-18-9-5-4-6-15(18)13-31-21-19(25)11-14(12-20(21)26)10-17-22(29)27-28(23(17)30)16-7-2-1-3-8-16/h1-12H,13H2,(H,27,29). The lowest BCUT2D eigenvalue weighted by Gasteiger charge is -2.14. The van der Waals surface area contributed by atoms with Crippen LogP contribution in [0.25, 0.3) is 6.08 Å². The number of benzene rings is 3. The minimum absolute atomic E-state index is 0.0271. The van der Waals surface area contributed by atoms with Crippen LogP contribution in [0.3, 0.4) is 0 Å². The maximum atomic E-state index is 12.7. The number of ether oxygens (including phenoxy) is 1. The Balaban J connectivity index is 1.56. The van der Waals surface area contributed by atoms with E-state index in [-0.39, 0.29) is 22.2 Å². The largest absolute Gasteiger partial charge is 0.486 e. The van der Waals surface area contributed by atoms with Crippen molar-refractivity contribution in [2.45, 2.75) is 6.61 Å². The highest BCUT2D eigenvalue weighted by Crippen LogP contribution is 2.36. The number of hydrogen-bond acceptors (Lipinski definition) is 3. The van der Waals surface area contributed by atoms with Crippen molar-refractivity contribution in [3.05, 3.63) is 98.5 Å². The lowest BCUT2D eigenvalue weighted by molar-refractivity contribution is -0.117. The van der Waals surface area contributed by atoms with Gasteiger partial charge in [0.2, 0.25) is 0 Å². The number of rotatable bonds is 5. The first-order chi connectivity index (χ1) is 14.9. The summed E-state index contributed by atoms with van der Waals surface area (Å²) in [6, 6.07) is 19.3. The van der Waals surface area contributed by atoms with Gasteiger partial charge in [-0.2, -0.15) is 0 Å². The molecule has 4 rings (SSSR count). The van der Waals surface area contributed by atoms with Crippen LogP contribution in [-0.4, -0.2) is 11.8 Å². The van der Waals surface area contributed by atoms with Crippen LogP contribution in [0, 0.1) is 0 Å². The highest BCUT2D eigenvalue weighted by Gasteiger charge is 2.34. The monoisotopic (exact) mass is 472 g/mol. The van der Waals surface area contributed by atoms with Crippen LogP contribution >= 0.6 is 34.8 Å². The van der Waals surface area contributed by atoms with Gasteiger partial charge < -0.3 is 4.74 Å². The van der Waals surface area contributed by atoms with Gasteiger partial charge in [-0.1, -0.05) is 71.2 Å². The van der Waals surface area contributed by atoms with Gasteiger partial charge in [-0.3, -0.25) is 15.0 Å². The molecule has 1 saturated heterocycles. The fraction of sp³-hybridized carbons (Fsp3) is 0.0435. The summed E-state index contributed by atoms with van der Waals surface area (Å²) in [5.74, 6) is -0.693. The van der Waals surface area contributed by atoms with Crippen molar-refractivity contribution < 1.29 is 14.3 Å². The first-order valence-corrected chi connectivity index (χ1v) is 10.3. The van der Waals surface area contributed by atoms with Gasteiger partial charge in [-0.15, -0.1) is 0 Å². The predicted octanol–water partition coefficient (Wildman–Crippen LogP) is 5.69. The summed E-state index contributed by atoms with van der Waals surface area (Å²) >= 11 is 18.9. The third kappa shape index (κ3) is 4.54. The predicted molar refractivity (Wildman–Crippen MR) is 122 cm³/mol. The lowest BCUT2D eigenvalue weighted by Crippen LogP contribution is -2.35. The summed E-state index contributed by atoms with van der Waals surface area (Å²) in [7, 11) is 0. The highest BCUT2D eigenvalue weighted by atomic mass is 35.5. The van der Waals surface area contributed by atoms with Crippen LogP contribution in [0.5, 0.6) is 5.75 Å². The van der Waals surface area contributed by atoms with Crippen molar-refractivity contribution >= 4 is 58.4 Å². The van der Waals surface area contributed by atoms with Gasteiger partial charge in [0, 0.05) is 10.6 Å². The van der Waals surface area contributed by atoms with E-state index in [4.69, 9.17) is 39.5 Å². The van der Waals surface area contributed by atoms with Crippen LogP contribution in [0.4, 0.5) is 5.69 Å². The Morgan fingerprint density at radius 2 is 1.52 bits per heavy atom. The zero-order valence-corrected chi connectivity index (χ0v) is 18.2. The van der Waals surface area contributed by atoms with Gasteiger partial charge in [-0.05, 0) is 42.0 Å². The maximum absolute atomic E-state index is 12.7. The Morgan fingerprint density at radius 1 is 0.871 bits per heavy atom. The van der Waals surface area contributed by atoms with Crippen LogP contribution in [0.1, 0.15) is 11.1 Å². The fourth-order valence-corrected chi connectivity index (χ4v) is 3.85. The number of nitrogens with one attached hydrogen (secondary N) is 1. The summed E-state index contributed by atoms with van der Waals surface area (Å²) in [6.45, 7) is 0.187. The SMILES string of the molecule is O=C1NN(c2ccccc2)C(=O)C1=Cc1cc(Cl)c(OCc2ccccc2Cl)c(Cl)c1. The number of para-hydroxylation sites is 1. The van der Waals surface area contributed by atoms with Crippen molar-refractivity contribution in [3.8, 4) is 5.75 Å². The molecule has 0 bridgehead atoms. The van der Waals surface area contributed by atoms with Crippen molar-refractivity contribution in [1.82, 2.24) is 5.43 Å². The zero-order valence-electron chi connectivity index (χ0n) is 15.9. The van der Waals surface area contributed by atoms with E-state index in [2.05, 4.69) is 5.43 Å². The maximum Gasteiger partial charge on any atom is 0.282 e. The minimum atomic E-state index is -0.514.